The third-order valence-corrected chi connectivity index (χ3v) is 9.15. The molecule has 0 amide bonds. The monoisotopic (exact) mass is 314 g/mol. The molecule has 3 fully saturated rings. The van der Waals surface area contributed by atoms with Crippen LogP contribution in [0.5, 0.6) is 0 Å². The normalized spacial score (nSPS) is 52.2. The first-order valence-electron chi connectivity index (χ1n) is 10.1. The van der Waals surface area contributed by atoms with Gasteiger partial charge in [-0.05, 0) is 92.8 Å². The van der Waals surface area contributed by atoms with Gasteiger partial charge >= 0.3 is 0 Å². The molecule has 4 rings (SSSR count). The van der Waals surface area contributed by atoms with Gasteiger partial charge in [0.25, 0.3) is 0 Å². The van der Waals surface area contributed by atoms with Crippen molar-refractivity contribution < 1.29 is 4.79 Å². The largest absolute Gasteiger partial charge is 0.300 e. The summed E-state index contributed by atoms with van der Waals surface area (Å²) in [7, 11) is 0. The number of ketones is 1. The number of rotatable bonds is 1. The number of hydrogen-bond acceptors (Lipinski definition) is 1. The summed E-state index contributed by atoms with van der Waals surface area (Å²) in [4.78, 5) is 12.2. The molecule has 3 saturated carbocycles. The van der Waals surface area contributed by atoms with Gasteiger partial charge in [-0.3, -0.25) is 4.79 Å². The number of allylic oxidation sites excluding steroid dienone is 2. The third-order valence-electron chi connectivity index (χ3n) is 9.15. The third kappa shape index (κ3) is 2.01. The minimum Gasteiger partial charge on any atom is -0.300 e. The van der Waals surface area contributed by atoms with Crippen LogP contribution in [0.15, 0.2) is 11.6 Å². The second-order valence-electron chi connectivity index (χ2n) is 9.69. The summed E-state index contributed by atoms with van der Waals surface area (Å²) in [6.45, 7) is 9.41. The Kier molecular flexibility index (Phi) is 3.60. The molecule has 0 radical (unpaired) electrons. The van der Waals surface area contributed by atoms with Crippen molar-refractivity contribution in [2.24, 2.45) is 40.4 Å². The van der Waals surface area contributed by atoms with Crippen LogP contribution in [-0.2, 0) is 4.79 Å². The van der Waals surface area contributed by atoms with Crippen molar-refractivity contribution in [2.75, 3.05) is 0 Å². The quantitative estimate of drug-likeness (QED) is 0.560. The van der Waals surface area contributed by atoms with Crippen LogP contribution in [0.1, 0.15) is 79.1 Å². The Balaban J connectivity index is 1.69. The van der Waals surface area contributed by atoms with E-state index in [2.05, 4.69) is 26.8 Å². The van der Waals surface area contributed by atoms with E-state index in [-0.39, 0.29) is 0 Å². The van der Waals surface area contributed by atoms with Crippen LogP contribution in [0.3, 0.4) is 0 Å². The van der Waals surface area contributed by atoms with Gasteiger partial charge in [-0.1, -0.05) is 32.4 Å². The molecule has 0 spiro atoms. The van der Waals surface area contributed by atoms with Crippen molar-refractivity contribution in [1.29, 1.82) is 0 Å². The molecule has 4 aliphatic carbocycles. The van der Waals surface area contributed by atoms with Crippen molar-refractivity contribution >= 4 is 5.78 Å². The van der Waals surface area contributed by atoms with Gasteiger partial charge in [-0.25, -0.2) is 0 Å². The zero-order valence-corrected chi connectivity index (χ0v) is 15.5. The average molecular weight is 315 g/mol. The molecule has 0 N–H and O–H groups in total. The van der Waals surface area contributed by atoms with E-state index in [1.165, 1.54) is 44.9 Å². The van der Waals surface area contributed by atoms with Crippen LogP contribution in [0.4, 0.5) is 0 Å². The Labute approximate surface area is 142 Å². The summed E-state index contributed by atoms with van der Waals surface area (Å²) in [5.41, 5.74) is 2.56. The predicted octanol–water partition coefficient (Wildman–Crippen LogP) is 5.79. The minimum atomic E-state index is 0.308. The molecule has 0 bridgehead atoms. The number of fused-ring (bicyclic) bond motifs is 5. The van der Waals surface area contributed by atoms with Crippen LogP contribution in [0.2, 0.25) is 0 Å². The molecular formula is C22H34O. The number of carbonyl (C=O) groups excluding carboxylic acids is 1. The highest BCUT2D eigenvalue weighted by Crippen LogP contribution is 2.67. The van der Waals surface area contributed by atoms with Crippen molar-refractivity contribution in [3.8, 4) is 0 Å². The molecule has 1 heteroatoms. The first-order chi connectivity index (χ1) is 10.9. The van der Waals surface area contributed by atoms with E-state index in [0.717, 1.165) is 30.1 Å². The van der Waals surface area contributed by atoms with Crippen molar-refractivity contribution in [1.82, 2.24) is 0 Å². The summed E-state index contributed by atoms with van der Waals surface area (Å²) < 4.78 is 0. The van der Waals surface area contributed by atoms with Gasteiger partial charge in [0.05, 0.1) is 0 Å². The van der Waals surface area contributed by atoms with Crippen LogP contribution in [-0.4, -0.2) is 5.78 Å². The second kappa shape index (κ2) is 5.20. The van der Waals surface area contributed by atoms with Crippen LogP contribution >= 0.6 is 0 Å². The topological polar surface area (TPSA) is 17.1 Å². The summed E-state index contributed by atoms with van der Waals surface area (Å²) in [5, 5.41) is 0. The van der Waals surface area contributed by atoms with Crippen LogP contribution in [0.25, 0.3) is 0 Å². The second-order valence-corrected chi connectivity index (χ2v) is 9.69. The fourth-order valence-electron chi connectivity index (χ4n) is 7.74. The standard InChI is InChI=1S/C22H34O/c1-14-6-5-7-16-8-9-17-19-11-10-18(15(2)23)21(19,3)13-12-20(17)22(14,16)4/h7,14,17-20H,5-6,8-13H2,1-4H3/t14?,17-,18+,19-,20-,21+,22-/m0/s1. The fraction of sp³-hybridized carbons (Fsp3) is 0.864. The maximum Gasteiger partial charge on any atom is 0.133 e. The molecule has 0 aromatic rings. The van der Waals surface area contributed by atoms with Crippen molar-refractivity contribution in [2.45, 2.75) is 79.1 Å². The highest BCUT2D eigenvalue weighted by molar-refractivity contribution is 5.79. The molecule has 0 aromatic carbocycles. The molecule has 128 valence electrons. The molecule has 4 aliphatic rings. The molecule has 1 unspecified atom stereocenters. The lowest BCUT2D eigenvalue weighted by molar-refractivity contribution is -0.128. The zero-order chi connectivity index (χ0) is 16.4. The molecule has 0 saturated heterocycles. The lowest BCUT2D eigenvalue weighted by Crippen LogP contribution is -2.52. The van der Waals surface area contributed by atoms with Gasteiger partial charge in [0.1, 0.15) is 5.78 Å². The summed E-state index contributed by atoms with van der Waals surface area (Å²) in [6.07, 6.45) is 13.1. The van der Waals surface area contributed by atoms with Gasteiger partial charge in [-0.2, -0.15) is 0 Å². The van der Waals surface area contributed by atoms with E-state index in [0.29, 0.717) is 22.5 Å². The highest BCUT2D eigenvalue weighted by Gasteiger charge is 2.60. The first-order valence-corrected chi connectivity index (χ1v) is 10.1. The Bertz CT molecular complexity index is 546. The Morgan fingerprint density at radius 3 is 2.61 bits per heavy atom. The smallest absolute Gasteiger partial charge is 0.133 e. The number of carbonyl (C=O) groups is 1. The van der Waals surface area contributed by atoms with E-state index in [1.807, 2.05) is 6.92 Å². The average Bonchev–Trinajstić information content (AvgIpc) is 2.86. The van der Waals surface area contributed by atoms with Crippen molar-refractivity contribution in [3.05, 3.63) is 11.6 Å². The Hall–Kier alpha value is -0.590. The lowest BCUT2D eigenvalue weighted by Gasteiger charge is -2.60. The molecule has 0 heterocycles. The molecular weight excluding hydrogens is 280 g/mol. The van der Waals surface area contributed by atoms with Gasteiger partial charge in [0, 0.05) is 5.92 Å². The maximum atomic E-state index is 12.2. The van der Waals surface area contributed by atoms with Gasteiger partial charge < -0.3 is 0 Å². The van der Waals surface area contributed by atoms with E-state index in [1.54, 1.807) is 5.57 Å². The molecule has 1 nitrogen and oxygen atoms in total. The van der Waals surface area contributed by atoms with E-state index in [4.69, 9.17) is 0 Å². The van der Waals surface area contributed by atoms with Gasteiger partial charge in [0.15, 0.2) is 0 Å². The summed E-state index contributed by atoms with van der Waals surface area (Å²) in [5.74, 6) is 4.21. The highest BCUT2D eigenvalue weighted by atomic mass is 16.1. The molecule has 0 aliphatic heterocycles. The molecule has 23 heavy (non-hydrogen) atoms. The Morgan fingerprint density at radius 1 is 1.09 bits per heavy atom. The van der Waals surface area contributed by atoms with Gasteiger partial charge in [-0.15, -0.1) is 0 Å². The lowest BCUT2D eigenvalue weighted by atomic mass is 9.45. The van der Waals surface area contributed by atoms with E-state index < -0.39 is 0 Å². The van der Waals surface area contributed by atoms with Gasteiger partial charge in [0.2, 0.25) is 0 Å². The Morgan fingerprint density at radius 2 is 1.87 bits per heavy atom. The number of hydrogen-bond donors (Lipinski definition) is 0. The summed E-state index contributed by atoms with van der Waals surface area (Å²) >= 11 is 0. The molecule has 0 aromatic heterocycles. The van der Waals surface area contributed by atoms with E-state index >= 15 is 0 Å². The van der Waals surface area contributed by atoms with Crippen LogP contribution in [0, 0.1) is 40.4 Å². The van der Waals surface area contributed by atoms with E-state index in [9.17, 15) is 4.79 Å². The predicted molar refractivity (Wildman–Crippen MR) is 95.0 cm³/mol. The first kappa shape index (κ1) is 15.9. The summed E-state index contributed by atoms with van der Waals surface area (Å²) in [6, 6.07) is 0. The molecule has 7 atom stereocenters. The van der Waals surface area contributed by atoms with Crippen LogP contribution < -0.4 is 0 Å². The SMILES string of the molecule is CC(=O)[C@H]1CC[C@H]2[C@@H]3CCC4=CCCC(C)[C@]4(C)[C@H]3CC[C@]12C. The maximum absolute atomic E-state index is 12.2. The van der Waals surface area contributed by atoms with Crippen molar-refractivity contribution in [3.63, 3.8) is 0 Å². The minimum absolute atomic E-state index is 0.308. The zero-order valence-electron chi connectivity index (χ0n) is 15.5. The fourth-order valence-corrected chi connectivity index (χ4v) is 7.74. The number of Topliss-reactive ketones (excluding diaryl/α,β-unsaturated/α-hetero) is 1.